The fourth-order valence-corrected chi connectivity index (χ4v) is 3.55. The number of thioether (sulfide) groups is 2. The Labute approximate surface area is 208 Å². The molecule has 0 N–H and O–H groups in total. The molecule has 5 nitrogen and oxygen atoms in total. The van der Waals surface area contributed by atoms with Gasteiger partial charge in [-0.05, 0) is 23.9 Å². The second-order valence-corrected chi connectivity index (χ2v) is 8.89. The van der Waals surface area contributed by atoms with Crippen LogP contribution in [-0.2, 0) is 9.53 Å². The summed E-state index contributed by atoms with van der Waals surface area (Å²) in [6, 6.07) is 1.71. The first-order chi connectivity index (χ1) is 16.8. The number of esters is 1. The Morgan fingerprint density at radius 1 is 0.895 bits per heavy atom. The quantitative estimate of drug-likeness (QED) is 0.0798. The smallest absolute Gasteiger partial charge is 0.446 e. The van der Waals surface area contributed by atoms with E-state index < -0.39 is 92.0 Å². The van der Waals surface area contributed by atoms with Crippen LogP contribution < -0.4 is 0 Å². The standard InChI is InChI=1S/C16H8F15NO4S2/c17-10(18)12(21,22)14(25,26)15(27,28)13(23,24)11(19,20)5-36-9(33)4-37-8-2-1-6(38-16(29,30)31)3-7(8)32(34)35/h1-3,10H,4-5H2. The van der Waals surface area contributed by atoms with E-state index in [1.165, 1.54) is 0 Å². The zero-order chi connectivity index (χ0) is 30.1. The highest BCUT2D eigenvalue weighted by Gasteiger charge is 2.87. The van der Waals surface area contributed by atoms with E-state index >= 15 is 0 Å². The van der Waals surface area contributed by atoms with Gasteiger partial charge in [-0.2, -0.15) is 57.1 Å². The van der Waals surface area contributed by atoms with E-state index in [2.05, 4.69) is 4.74 Å². The van der Waals surface area contributed by atoms with E-state index in [0.29, 0.717) is 18.2 Å². The van der Waals surface area contributed by atoms with Gasteiger partial charge in [0.2, 0.25) is 0 Å². The predicted octanol–water partition coefficient (Wildman–Crippen LogP) is 7.28. The van der Waals surface area contributed by atoms with Crippen LogP contribution in [0.25, 0.3) is 0 Å². The minimum absolute atomic E-state index is 0.00516. The van der Waals surface area contributed by atoms with Gasteiger partial charge in [-0.1, -0.05) is 0 Å². The number of hydrogen-bond donors (Lipinski definition) is 0. The zero-order valence-electron chi connectivity index (χ0n) is 17.3. The Bertz CT molecular complexity index is 1030. The molecule has 0 spiro atoms. The minimum Gasteiger partial charge on any atom is -0.458 e. The first-order valence-electron chi connectivity index (χ1n) is 8.81. The molecule has 0 heterocycles. The Hall–Kier alpha value is -2.26. The van der Waals surface area contributed by atoms with Crippen molar-refractivity contribution >= 4 is 35.2 Å². The SMILES string of the molecule is O=C(CSc1ccc(SC(F)(F)F)cc1[N+](=O)[O-])OCC(F)(F)C(F)(F)C(F)(F)C(F)(F)C(F)(F)C(F)F. The summed E-state index contributed by atoms with van der Waals surface area (Å²) in [6.07, 6.45) is -5.69. The van der Waals surface area contributed by atoms with Crippen molar-refractivity contribution < 1.29 is 80.3 Å². The van der Waals surface area contributed by atoms with Crippen LogP contribution in [0.4, 0.5) is 71.5 Å². The number of nitrogens with zero attached hydrogens (tertiary/aromatic N) is 1. The average molecular weight is 627 g/mol. The van der Waals surface area contributed by atoms with Crippen LogP contribution in [0.5, 0.6) is 0 Å². The minimum atomic E-state index is -7.82. The van der Waals surface area contributed by atoms with Crippen LogP contribution >= 0.6 is 23.5 Å². The maximum Gasteiger partial charge on any atom is 0.446 e. The molecule has 0 bridgehead atoms. The molecule has 22 heteroatoms. The summed E-state index contributed by atoms with van der Waals surface area (Å²) in [5, 5.41) is 11.0. The van der Waals surface area contributed by atoms with Crippen LogP contribution in [0.15, 0.2) is 28.0 Å². The molecule has 218 valence electrons. The van der Waals surface area contributed by atoms with Crippen molar-refractivity contribution in [3.8, 4) is 0 Å². The number of halogens is 15. The van der Waals surface area contributed by atoms with E-state index in [1.807, 2.05) is 0 Å². The highest BCUT2D eigenvalue weighted by molar-refractivity contribution is 8.00. The lowest BCUT2D eigenvalue weighted by atomic mass is 9.94. The van der Waals surface area contributed by atoms with Gasteiger partial charge in [0.15, 0.2) is 6.61 Å². The molecule has 1 rings (SSSR count). The van der Waals surface area contributed by atoms with Gasteiger partial charge in [-0.25, -0.2) is 8.78 Å². The first-order valence-corrected chi connectivity index (χ1v) is 10.6. The van der Waals surface area contributed by atoms with E-state index in [4.69, 9.17) is 0 Å². The van der Waals surface area contributed by atoms with Crippen molar-refractivity contribution in [2.24, 2.45) is 0 Å². The third kappa shape index (κ3) is 6.84. The van der Waals surface area contributed by atoms with Gasteiger partial charge in [0.1, 0.15) is 0 Å². The number of benzene rings is 1. The monoisotopic (exact) mass is 627 g/mol. The average Bonchev–Trinajstić information content (AvgIpc) is 2.74. The maximum atomic E-state index is 13.6. The van der Waals surface area contributed by atoms with E-state index in [-0.39, 0.29) is 11.8 Å². The van der Waals surface area contributed by atoms with E-state index in [9.17, 15) is 80.8 Å². The van der Waals surface area contributed by atoms with Gasteiger partial charge in [-0.3, -0.25) is 14.9 Å². The van der Waals surface area contributed by atoms with Crippen LogP contribution in [0.1, 0.15) is 0 Å². The second-order valence-electron chi connectivity index (χ2n) is 6.74. The lowest BCUT2D eigenvalue weighted by Crippen LogP contribution is -2.69. The highest BCUT2D eigenvalue weighted by Crippen LogP contribution is 2.58. The summed E-state index contributed by atoms with van der Waals surface area (Å²) in [7, 11) is 0. The molecule has 0 aromatic heterocycles. The van der Waals surface area contributed by atoms with Crippen molar-refractivity contribution in [3.63, 3.8) is 0 Å². The summed E-state index contributed by atoms with van der Waals surface area (Å²) < 4.78 is 198. The van der Waals surface area contributed by atoms with Gasteiger partial charge in [0.25, 0.3) is 5.69 Å². The molecule has 0 unspecified atom stereocenters. The fourth-order valence-electron chi connectivity index (χ4n) is 2.17. The molecule has 38 heavy (non-hydrogen) atoms. The summed E-state index contributed by atoms with van der Waals surface area (Å²) in [5.41, 5.74) is -5.92. The van der Waals surface area contributed by atoms with Gasteiger partial charge in [0, 0.05) is 11.0 Å². The third-order valence-corrected chi connectivity index (χ3v) is 5.82. The van der Waals surface area contributed by atoms with Crippen molar-refractivity contribution in [1.82, 2.24) is 0 Å². The lowest BCUT2D eigenvalue weighted by molar-refractivity contribution is -0.414. The summed E-state index contributed by atoms with van der Waals surface area (Å²) in [6.45, 7) is -3.17. The highest BCUT2D eigenvalue weighted by atomic mass is 32.2. The Morgan fingerprint density at radius 3 is 1.87 bits per heavy atom. The van der Waals surface area contributed by atoms with Gasteiger partial charge in [-0.15, -0.1) is 11.8 Å². The van der Waals surface area contributed by atoms with Gasteiger partial charge >= 0.3 is 47.5 Å². The maximum absolute atomic E-state index is 13.6. The van der Waals surface area contributed by atoms with Gasteiger partial charge in [0.05, 0.1) is 15.6 Å². The number of rotatable bonds is 12. The second kappa shape index (κ2) is 11.1. The van der Waals surface area contributed by atoms with Crippen molar-refractivity contribution in [3.05, 3.63) is 28.3 Å². The topological polar surface area (TPSA) is 69.4 Å². The Morgan fingerprint density at radius 2 is 1.42 bits per heavy atom. The number of nitro benzene ring substituents is 1. The normalized spacial score (nSPS) is 14.1. The van der Waals surface area contributed by atoms with Crippen LogP contribution in [0.2, 0.25) is 0 Å². The van der Waals surface area contributed by atoms with Crippen LogP contribution in [0, 0.1) is 10.1 Å². The summed E-state index contributed by atoms with van der Waals surface area (Å²) in [5.74, 6) is -40.2. The lowest BCUT2D eigenvalue weighted by Gasteiger charge is -2.38. The van der Waals surface area contributed by atoms with Crippen LogP contribution in [0.3, 0.4) is 0 Å². The molecule has 0 amide bonds. The predicted molar refractivity (Wildman–Crippen MR) is 97.4 cm³/mol. The molecule has 0 atom stereocenters. The van der Waals surface area contributed by atoms with Crippen molar-refractivity contribution in [2.45, 2.75) is 51.3 Å². The molecule has 1 aromatic rings. The van der Waals surface area contributed by atoms with E-state index in [0.717, 1.165) is 0 Å². The molecular weight excluding hydrogens is 619 g/mol. The Balaban J connectivity index is 3.01. The molecule has 1 aromatic carbocycles. The van der Waals surface area contributed by atoms with Crippen molar-refractivity contribution in [2.75, 3.05) is 12.4 Å². The van der Waals surface area contributed by atoms with Gasteiger partial charge < -0.3 is 4.74 Å². The van der Waals surface area contributed by atoms with Crippen molar-refractivity contribution in [1.29, 1.82) is 0 Å². The number of carbonyl (C=O) groups excluding carboxylic acids is 1. The zero-order valence-corrected chi connectivity index (χ0v) is 18.9. The molecule has 0 aliphatic rings. The molecule has 0 aliphatic heterocycles. The molecule has 0 fully saturated rings. The molecular formula is C16H8F15NO4S2. The Kier molecular flexibility index (Phi) is 9.85. The largest absolute Gasteiger partial charge is 0.458 e. The number of ether oxygens (including phenoxy) is 1. The number of alkyl halides is 15. The van der Waals surface area contributed by atoms with E-state index in [1.54, 1.807) is 0 Å². The van der Waals surface area contributed by atoms with Crippen LogP contribution in [-0.4, -0.2) is 64.8 Å². The number of nitro groups is 1. The third-order valence-electron chi connectivity index (χ3n) is 4.06. The number of carbonyl (C=O) groups is 1. The molecule has 0 radical (unpaired) electrons. The molecule has 0 saturated heterocycles. The fraction of sp³-hybridized carbons (Fsp3) is 0.562. The summed E-state index contributed by atoms with van der Waals surface area (Å²) in [4.78, 5) is 20.0. The number of hydrogen-bond acceptors (Lipinski definition) is 6. The molecule has 0 aliphatic carbocycles. The molecule has 0 saturated carbocycles. The first kappa shape index (κ1) is 33.8. The summed E-state index contributed by atoms with van der Waals surface area (Å²) >= 11 is -0.783.